The van der Waals surface area contributed by atoms with Gasteiger partial charge in [0.2, 0.25) is 5.91 Å². The summed E-state index contributed by atoms with van der Waals surface area (Å²) in [6.45, 7) is 0.115. The van der Waals surface area contributed by atoms with Crippen LogP contribution in [0.25, 0.3) is 10.6 Å². The summed E-state index contributed by atoms with van der Waals surface area (Å²) in [7, 11) is 3.34. The number of carbonyl (C=O) groups is 2. The van der Waals surface area contributed by atoms with E-state index in [2.05, 4.69) is 5.32 Å². The number of nitrogens with zero attached hydrogens (tertiary/aromatic N) is 3. The number of carbonyl (C=O) groups excluding carboxylic acids is 2. The fourth-order valence-electron chi connectivity index (χ4n) is 3.44. The van der Waals surface area contributed by atoms with E-state index in [-0.39, 0.29) is 18.4 Å². The van der Waals surface area contributed by atoms with Crippen LogP contribution in [-0.2, 0) is 4.79 Å². The number of amides is 2. The molecule has 8 heteroatoms. The number of aromatic nitrogens is 1. The van der Waals surface area contributed by atoms with Crippen molar-refractivity contribution in [2.75, 3.05) is 25.5 Å². The van der Waals surface area contributed by atoms with Gasteiger partial charge in [-0.05, 0) is 24.3 Å². The van der Waals surface area contributed by atoms with Crippen LogP contribution in [0.5, 0.6) is 0 Å². The molecule has 1 aliphatic heterocycles. The monoisotopic (exact) mass is 426 g/mol. The number of halogens is 1. The van der Waals surface area contributed by atoms with Crippen molar-refractivity contribution in [3.63, 3.8) is 0 Å². The fourth-order valence-corrected chi connectivity index (χ4v) is 4.40. The van der Waals surface area contributed by atoms with Crippen molar-refractivity contribution in [3.05, 3.63) is 70.2 Å². The van der Waals surface area contributed by atoms with Gasteiger partial charge in [0, 0.05) is 30.1 Å². The first-order chi connectivity index (χ1) is 14.0. The van der Waals surface area contributed by atoms with Crippen LogP contribution in [0.4, 0.5) is 5.69 Å². The maximum atomic E-state index is 13.0. The van der Waals surface area contributed by atoms with Gasteiger partial charge >= 0.3 is 0 Å². The molecule has 0 bridgehead atoms. The molecule has 2 amide bonds. The molecule has 0 saturated carbocycles. The lowest BCUT2D eigenvalue weighted by molar-refractivity contribution is -0.119. The van der Waals surface area contributed by atoms with Crippen molar-refractivity contribution >= 4 is 40.4 Å². The SMILES string of the molecule is CNC(=O)CN1c2ccccc2C(=O)N(C)[C@@H]1c1csc(-c2ccc(Cl)cc2)n1. The third kappa shape index (κ3) is 3.59. The standard InChI is InChI=1S/C21H19ClN4O2S/c1-23-18(27)11-26-17-6-4-3-5-15(17)21(28)25(2)20(26)16-12-29-19(24-16)13-7-9-14(22)10-8-13/h3-10,12,20H,11H2,1-2H3,(H,23,27)/t20-/m0/s1. The number of likely N-dealkylation sites (N-methyl/N-ethyl adjacent to an activating group) is 1. The number of para-hydroxylation sites is 1. The Morgan fingerprint density at radius 1 is 1.21 bits per heavy atom. The largest absolute Gasteiger partial charge is 0.358 e. The zero-order valence-electron chi connectivity index (χ0n) is 15.9. The van der Waals surface area contributed by atoms with Gasteiger partial charge < -0.3 is 15.1 Å². The lowest BCUT2D eigenvalue weighted by Gasteiger charge is -2.42. The van der Waals surface area contributed by atoms with Crippen molar-refractivity contribution in [2.45, 2.75) is 6.17 Å². The predicted molar refractivity (Wildman–Crippen MR) is 115 cm³/mol. The highest BCUT2D eigenvalue weighted by Crippen LogP contribution is 2.39. The minimum atomic E-state index is -0.480. The maximum Gasteiger partial charge on any atom is 0.257 e. The minimum Gasteiger partial charge on any atom is -0.358 e. The molecule has 0 unspecified atom stereocenters. The molecule has 0 radical (unpaired) electrons. The van der Waals surface area contributed by atoms with Crippen molar-refractivity contribution in [3.8, 4) is 10.6 Å². The van der Waals surface area contributed by atoms with E-state index < -0.39 is 6.17 Å². The first kappa shape index (κ1) is 19.4. The summed E-state index contributed by atoms with van der Waals surface area (Å²) in [4.78, 5) is 33.5. The molecule has 148 valence electrons. The van der Waals surface area contributed by atoms with E-state index in [0.29, 0.717) is 16.3 Å². The van der Waals surface area contributed by atoms with Gasteiger partial charge in [-0.25, -0.2) is 4.98 Å². The minimum absolute atomic E-state index is 0.0974. The fraction of sp³-hybridized carbons (Fsp3) is 0.190. The lowest BCUT2D eigenvalue weighted by atomic mass is 10.0. The molecule has 1 aliphatic rings. The lowest BCUT2D eigenvalue weighted by Crippen LogP contribution is -2.50. The van der Waals surface area contributed by atoms with Crippen molar-refractivity contribution in [1.82, 2.24) is 15.2 Å². The normalized spacial score (nSPS) is 16.0. The first-order valence-corrected chi connectivity index (χ1v) is 10.3. The van der Waals surface area contributed by atoms with Gasteiger partial charge in [0.1, 0.15) is 11.2 Å². The second-order valence-electron chi connectivity index (χ2n) is 6.69. The van der Waals surface area contributed by atoms with Crippen LogP contribution < -0.4 is 10.2 Å². The quantitative estimate of drug-likeness (QED) is 0.689. The highest BCUT2D eigenvalue weighted by Gasteiger charge is 2.38. The van der Waals surface area contributed by atoms with Crippen LogP contribution in [0.15, 0.2) is 53.9 Å². The molecule has 6 nitrogen and oxygen atoms in total. The number of thiazole rings is 1. The molecule has 2 heterocycles. The Bertz CT molecular complexity index is 1070. The molecule has 1 N–H and O–H groups in total. The Morgan fingerprint density at radius 3 is 2.66 bits per heavy atom. The molecule has 29 heavy (non-hydrogen) atoms. The summed E-state index contributed by atoms with van der Waals surface area (Å²) in [6, 6.07) is 14.8. The van der Waals surface area contributed by atoms with Gasteiger partial charge in [-0.3, -0.25) is 9.59 Å². The average molecular weight is 427 g/mol. The molecule has 1 aromatic heterocycles. The van der Waals surface area contributed by atoms with Crippen molar-refractivity contribution in [2.24, 2.45) is 0 Å². The summed E-state index contributed by atoms with van der Waals surface area (Å²) in [5.74, 6) is -0.236. The summed E-state index contributed by atoms with van der Waals surface area (Å²) < 4.78 is 0. The molecule has 0 fully saturated rings. The molecule has 3 aromatic rings. The molecule has 0 saturated heterocycles. The van der Waals surface area contributed by atoms with E-state index in [1.165, 1.54) is 11.3 Å². The molecule has 1 atom stereocenters. The van der Waals surface area contributed by atoms with E-state index in [1.807, 2.05) is 52.7 Å². The van der Waals surface area contributed by atoms with Crippen molar-refractivity contribution in [1.29, 1.82) is 0 Å². The predicted octanol–water partition coefficient (Wildman–Crippen LogP) is 3.80. The topological polar surface area (TPSA) is 65.5 Å². The Kier molecular flexibility index (Phi) is 5.25. The molecular weight excluding hydrogens is 408 g/mol. The third-order valence-corrected chi connectivity index (χ3v) is 6.06. The second kappa shape index (κ2) is 7.85. The van der Waals surface area contributed by atoms with Gasteiger partial charge in [-0.2, -0.15) is 0 Å². The van der Waals surface area contributed by atoms with E-state index in [9.17, 15) is 9.59 Å². The van der Waals surface area contributed by atoms with Gasteiger partial charge in [0.05, 0.1) is 23.5 Å². The number of fused-ring (bicyclic) bond motifs is 1. The highest BCUT2D eigenvalue weighted by molar-refractivity contribution is 7.13. The maximum absolute atomic E-state index is 13.0. The highest BCUT2D eigenvalue weighted by atomic mass is 35.5. The molecule has 2 aromatic carbocycles. The van der Waals surface area contributed by atoms with E-state index >= 15 is 0 Å². The molecule has 4 rings (SSSR count). The smallest absolute Gasteiger partial charge is 0.257 e. The van der Waals surface area contributed by atoms with Gasteiger partial charge in [0.25, 0.3) is 5.91 Å². The Hall–Kier alpha value is -2.90. The van der Waals surface area contributed by atoms with E-state index in [0.717, 1.165) is 16.3 Å². The average Bonchev–Trinajstić information content (AvgIpc) is 3.22. The summed E-state index contributed by atoms with van der Waals surface area (Å²) >= 11 is 7.48. The zero-order chi connectivity index (χ0) is 20.5. The number of benzene rings is 2. The van der Waals surface area contributed by atoms with Crippen LogP contribution in [0, 0.1) is 0 Å². The van der Waals surface area contributed by atoms with Crippen LogP contribution in [0.3, 0.4) is 0 Å². The Balaban J connectivity index is 1.77. The van der Waals surface area contributed by atoms with Crippen LogP contribution in [0.1, 0.15) is 22.2 Å². The molecule has 0 spiro atoms. The number of nitrogens with one attached hydrogen (secondary N) is 1. The van der Waals surface area contributed by atoms with Gasteiger partial charge in [0.15, 0.2) is 0 Å². The molecule has 0 aliphatic carbocycles. The van der Waals surface area contributed by atoms with Crippen molar-refractivity contribution < 1.29 is 9.59 Å². The number of anilines is 1. The number of rotatable bonds is 4. The summed E-state index contributed by atoms with van der Waals surface area (Å²) in [6.07, 6.45) is -0.480. The van der Waals surface area contributed by atoms with E-state index in [1.54, 1.807) is 25.1 Å². The van der Waals surface area contributed by atoms with Crippen LogP contribution in [-0.4, -0.2) is 42.3 Å². The summed E-state index contributed by atoms with van der Waals surface area (Å²) in [5.41, 5.74) is 2.97. The van der Waals surface area contributed by atoms with Gasteiger partial charge in [-0.15, -0.1) is 11.3 Å². The third-order valence-electron chi connectivity index (χ3n) is 4.90. The summed E-state index contributed by atoms with van der Waals surface area (Å²) in [5, 5.41) is 6.09. The second-order valence-corrected chi connectivity index (χ2v) is 7.99. The first-order valence-electron chi connectivity index (χ1n) is 9.04. The Morgan fingerprint density at radius 2 is 1.93 bits per heavy atom. The van der Waals surface area contributed by atoms with E-state index in [4.69, 9.17) is 16.6 Å². The number of hydrogen-bond donors (Lipinski definition) is 1. The van der Waals surface area contributed by atoms with Gasteiger partial charge in [-0.1, -0.05) is 35.9 Å². The Labute approximate surface area is 177 Å². The van der Waals surface area contributed by atoms with Crippen LogP contribution >= 0.6 is 22.9 Å². The number of hydrogen-bond acceptors (Lipinski definition) is 5. The zero-order valence-corrected chi connectivity index (χ0v) is 17.5. The molecular formula is C21H19ClN4O2S. The van der Waals surface area contributed by atoms with Crippen LogP contribution in [0.2, 0.25) is 5.02 Å².